The summed E-state index contributed by atoms with van der Waals surface area (Å²) in [5.74, 6) is 1.01. The van der Waals surface area contributed by atoms with Gasteiger partial charge in [-0.2, -0.15) is 0 Å². The van der Waals surface area contributed by atoms with Crippen LogP contribution in [0.3, 0.4) is 0 Å². The van der Waals surface area contributed by atoms with E-state index in [1.165, 1.54) is 16.7 Å². The Morgan fingerprint density at radius 3 is 2.35 bits per heavy atom. The molecule has 112 valence electrons. The van der Waals surface area contributed by atoms with Crippen LogP contribution in [0.1, 0.15) is 22.3 Å². The van der Waals surface area contributed by atoms with Gasteiger partial charge in [0, 0.05) is 43.3 Å². The Morgan fingerprint density at radius 2 is 1.75 bits per heavy atom. The molecule has 0 aliphatic carbocycles. The van der Waals surface area contributed by atoms with E-state index in [9.17, 15) is 0 Å². The third kappa shape index (κ3) is 3.11. The zero-order chi connectivity index (χ0) is 14.7. The minimum Gasteiger partial charge on any atom is -0.496 e. The van der Waals surface area contributed by atoms with Crippen molar-refractivity contribution in [2.75, 3.05) is 39.8 Å². The van der Waals surface area contributed by atoms with Crippen molar-refractivity contribution in [1.82, 2.24) is 10.2 Å². The molecule has 3 nitrogen and oxygen atoms in total. The number of nitrogens with one attached hydrogen (secondary N) is 1. The number of hydrogen-bond donors (Lipinski definition) is 1. The molecule has 1 aliphatic heterocycles. The van der Waals surface area contributed by atoms with Crippen LogP contribution in [-0.4, -0.2) is 44.7 Å². The molecule has 0 unspecified atom stereocenters. The Labute approximate surface area is 127 Å². The monoisotopic (exact) mass is 296 g/mol. The van der Waals surface area contributed by atoms with Crippen LogP contribution in [0.5, 0.6) is 5.75 Å². The van der Waals surface area contributed by atoms with E-state index in [1.807, 2.05) is 0 Å². The van der Waals surface area contributed by atoms with Gasteiger partial charge in [-0.15, -0.1) is 0 Å². The van der Waals surface area contributed by atoms with Crippen LogP contribution in [-0.2, 0) is 6.42 Å². The van der Waals surface area contributed by atoms with Crippen LogP contribution in [0.2, 0.25) is 5.02 Å². The summed E-state index contributed by atoms with van der Waals surface area (Å²) >= 11 is 6.46. The van der Waals surface area contributed by atoms with Crippen molar-refractivity contribution in [3.8, 4) is 5.75 Å². The van der Waals surface area contributed by atoms with Gasteiger partial charge in [0.1, 0.15) is 5.75 Å². The number of halogens is 1. The summed E-state index contributed by atoms with van der Waals surface area (Å²) in [5.41, 5.74) is 4.73. The van der Waals surface area contributed by atoms with E-state index < -0.39 is 0 Å². The first kappa shape index (κ1) is 15.6. The minimum atomic E-state index is 0.888. The summed E-state index contributed by atoms with van der Waals surface area (Å²) in [6, 6.07) is 0. The molecule has 0 radical (unpaired) electrons. The van der Waals surface area contributed by atoms with Crippen LogP contribution in [0.4, 0.5) is 0 Å². The van der Waals surface area contributed by atoms with Gasteiger partial charge in [-0.25, -0.2) is 0 Å². The highest BCUT2D eigenvalue weighted by molar-refractivity contribution is 6.32. The van der Waals surface area contributed by atoms with Crippen LogP contribution >= 0.6 is 11.6 Å². The lowest BCUT2D eigenvalue weighted by Crippen LogP contribution is -2.44. The van der Waals surface area contributed by atoms with Gasteiger partial charge in [-0.05, 0) is 43.9 Å². The van der Waals surface area contributed by atoms with Gasteiger partial charge >= 0.3 is 0 Å². The Morgan fingerprint density at radius 1 is 1.10 bits per heavy atom. The van der Waals surface area contributed by atoms with Crippen molar-refractivity contribution < 1.29 is 4.74 Å². The van der Waals surface area contributed by atoms with Gasteiger partial charge in [0.15, 0.2) is 0 Å². The maximum Gasteiger partial charge on any atom is 0.125 e. The molecule has 0 saturated carbocycles. The normalized spacial score (nSPS) is 16.4. The number of methoxy groups -OCH3 is 1. The van der Waals surface area contributed by atoms with Crippen LogP contribution in [0.15, 0.2) is 0 Å². The number of hydrogen-bond acceptors (Lipinski definition) is 3. The average molecular weight is 297 g/mol. The molecule has 0 atom stereocenters. The van der Waals surface area contributed by atoms with Gasteiger partial charge in [0.2, 0.25) is 0 Å². The van der Waals surface area contributed by atoms with E-state index in [4.69, 9.17) is 16.3 Å². The summed E-state index contributed by atoms with van der Waals surface area (Å²) in [4.78, 5) is 2.50. The number of benzene rings is 1. The second-order valence-electron chi connectivity index (χ2n) is 5.54. The standard InChI is InChI=1S/C16H25ClN2O/c1-11-12(2)16(20-4)14(13(3)15(11)17)5-8-19-9-6-18-7-10-19/h18H,5-10H2,1-4H3. The Hall–Kier alpha value is -0.770. The molecular formula is C16H25ClN2O. The summed E-state index contributed by atoms with van der Waals surface area (Å²) < 4.78 is 5.64. The van der Waals surface area contributed by atoms with Gasteiger partial charge in [-0.1, -0.05) is 11.6 Å². The van der Waals surface area contributed by atoms with E-state index in [0.29, 0.717) is 0 Å². The lowest BCUT2D eigenvalue weighted by Gasteiger charge is -2.28. The molecule has 0 amide bonds. The fraction of sp³-hybridized carbons (Fsp3) is 0.625. The largest absolute Gasteiger partial charge is 0.496 e. The Kier molecular flexibility index (Phi) is 5.30. The third-order valence-electron chi connectivity index (χ3n) is 4.38. The van der Waals surface area contributed by atoms with Gasteiger partial charge in [-0.3, -0.25) is 0 Å². The highest BCUT2D eigenvalue weighted by Crippen LogP contribution is 2.36. The van der Waals surface area contributed by atoms with Crippen molar-refractivity contribution in [3.05, 3.63) is 27.3 Å². The molecule has 0 bridgehead atoms. The predicted molar refractivity (Wildman–Crippen MR) is 85.2 cm³/mol. The van der Waals surface area contributed by atoms with E-state index in [0.717, 1.165) is 55.5 Å². The molecule has 1 heterocycles. The second kappa shape index (κ2) is 6.79. The molecule has 1 saturated heterocycles. The molecule has 1 fully saturated rings. The zero-order valence-electron chi connectivity index (χ0n) is 13.0. The molecule has 0 aromatic heterocycles. The van der Waals surface area contributed by atoms with Crippen LogP contribution in [0, 0.1) is 20.8 Å². The van der Waals surface area contributed by atoms with Gasteiger partial charge in [0.05, 0.1) is 7.11 Å². The maximum absolute atomic E-state index is 6.46. The number of piperazine rings is 1. The summed E-state index contributed by atoms with van der Waals surface area (Å²) in [5, 5.41) is 4.27. The molecule has 1 aromatic carbocycles. The highest BCUT2D eigenvalue weighted by Gasteiger charge is 2.18. The van der Waals surface area contributed by atoms with Crippen molar-refractivity contribution in [2.45, 2.75) is 27.2 Å². The topological polar surface area (TPSA) is 24.5 Å². The predicted octanol–water partition coefficient (Wildman–Crippen LogP) is 2.72. The second-order valence-corrected chi connectivity index (χ2v) is 5.92. The number of ether oxygens (including phenoxy) is 1. The number of nitrogens with zero attached hydrogens (tertiary/aromatic N) is 1. The Balaban J connectivity index is 2.21. The molecule has 4 heteroatoms. The first-order valence-electron chi connectivity index (χ1n) is 7.31. The smallest absolute Gasteiger partial charge is 0.125 e. The summed E-state index contributed by atoms with van der Waals surface area (Å²) in [6.07, 6.45) is 0.996. The SMILES string of the molecule is COc1c(C)c(C)c(Cl)c(C)c1CCN1CCNCC1. The first-order chi connectivity index (χ1) is 9.56. The third-order valence-corrected chi connectivity index (χ3v) is 4.95. The first-order valence-corrected chi connectivity index (χ1v) is 7.69. The lowest BCUT2D eigenvalue weighted by atomic mass is 9.96. The molecular weight excluding hydrogens is 272 g/mol. The van der Waals surface area contributed by atoms with Crippen molar-refractivity contribution >= 4 is 11.6 Å². The quantitative estimate of drug-likeness (QED) is 0.924. The van der Waals surface area contributed by atoms with Crippen molar-refractivity contribution in [3.63, 3.8) is 0 Å². The molecule has 0 spiro atoms. The summed E-state index contributed by atoms with van der Waals surface area (Å²) in [7, 11) is 1.75. The highest BCUT2D eigenvalue weighted by atomic mass is 35.5. The molecule has 1 aliphatic rings. The van der Waals surface area contributed by atoms with E-state index >= 15 is 0 Å². The minimum absolute atomic E-state index is 0.888. The maximum atomic E-state index is 6.46. The number of rotatable bonds is 4. The average Bonchev–Trinajstić information content (AvgIpc) is 2.48. The lowest BCUT2D eigenvalue weighted by molar-refractivity contribution is 0.243. The van der Waals surface area contributed by atoms with E-state index in [-0.39, 0.29) is 0 Å². The van der Waals surface area contributed by atoms with Crippen molar-refractivity contribution in [2.24, 2.45) is 0 Å². The van der Waals surface area contributed by atoms with Crippen LogP contribution in [0.25, 0.3) is 0 Å². The fourth-order valence-electron chi connectivity index (χ4n) is 2.93. The molecule has 2 rings (SSSR count). The molecule has 1 N–H and O–H groups in total. The molecule has 20 heavy (non-hydrogen) atoms. The van der Waals surface area contributed by atoms with Gasteiger partial charge in [0.25, 0.3) is 0 Å². The van der Waals surface area contributed by atoms with Crippen LogP contribution < -0.4 is 10.1 Å². The van der Waals surface area contributed by atoms with Crippen molar-refractivity contribution in [1.29, 1.82) is 0 Å². The van der Waals surface area contributed by atoms with E-state index in [2.05, 4.69) is 31.0 Å². The molecule has 1 aromatic rings. The summed E-state index contributed by atoms with van der Waals surface area (Å²) in [6.45, 7) is 11.7. The van der Waals surface area contributed by atoms with E-state index in [1.54, 1.807) is 7.11 Å². The fourth-order valence-corrected chi connectivity index (χ4v) is 3.18. The Bertz CT molecular complexity index is 482. The van der Waals surface area contributed by atoms with Gasteiger partial charge < -0.3 is 15.0 Å². The zero-order valence-corrected chi connectivity index (χ0v) is 13.7.